The second kappa shape index (κ2) is 9.21. The largest absolute Gasteiger partial charge is 0.349 e. The van der Waals surface area contributed by atoms with Crippen molar-refractivity contribution in [1.82, 2.24) is 14.8 Å². The van der Waals surface area contributed by atoms with Gasteiger partial charge in [-0.05, 0) is 72.9 Å². The Morgan fingerprint density at radius 3 is 2.03 bits per heavy atom. The predicted molar refractivity (Wildman–Crippen MR) is 123 cm³/mol. The van der Waals surface area contributed by atoms with Gasteiger partial charge in [0.05, 0.1) is 0 Å². The Hall–Kier alpha value is -3.34. The quantitative estimate of drug-likeness (QED) is 0.660. The summed E-state index contributed by atoms with van der Waals surface area (Å²) in [5.74, 6) is 0.461. The highest BCUT2D eigenvalue weighted by molar-refractivity contribution is 5.95. The molecule has 0 saturated carbocycles. The summed E-state index contributed by atoms with van der Waals surface area (Å²) in [5, 5.41) is 3.12. The zero-order valence-corrected chi connectivity index (χ0v) is 18.1. The summed E-state index contributed by atoms with van der Waals surface area (Å²) >= 11 is 0. The van der Waals surface area contributed by atoms with Crippen molar-refractivity contribution in [3.63, 3.8) is 0 Å². The lowest BCUT2D eigenvalue weighted by atomic mass is 10.00. The maximum atomic E-state index is 12.8. The summed E-state index contributed by atoms with van der Waals surface area (Å²) in [6.45, 7) is 5.60. The molecule has 0 atom stereocenters. The van der Waals surface area contributed by atoms with Crippen molar-refractivity contribution in [2.24, 2.45) is 0 Å². The first-order valence-corrected chi connectivity index (χ1v) is 10.9. The van der Waals surface area contributed by atoms with Crippen LogP contribution in [0.25, 0.3) is 5.69 Å². The molecule has 3 aromatic rings. The van der Waals surface area contributed by atoms with E-state index < -0.39 is 0 Å². The minimum atomic E-state index is -0.0619. The molecular formula is C26H29N3O2. The van der Waals surface area contributed by atoms with E-state index in [4.69, 9.17) is 0 Å². The second-order valence-corrected chi connectivity index (χ2v) is 8.45. The summed E-state index contributed by atoms with van der Waals surface area (Å²) in [7, 11) is 0. The standard InChI is InChI=1S/C26H29N3O2/c1-19(2)20-5-7-22(8-6-20)26(31)29-17-13-23(14-18-29)27-25(30)21-9-11-24(12-10-21)28-15-3-4-16-28/h3-12,15-16,19,23H,13-14,17-18H2,1-2H3,(H,27,30). The van der Waals surface area contributed by atoms with Gasteiger partial charge in [-0.15, -0.1) is 0 Å². The van der Waals surface area contributed by atoms with E-state index in [9.17, 15) is 9.59 Å². The monoisotopic (exact) mass is 415 g/mol. The van der Waals surface area contributed by atoms with Crippen LogP contribution in [0, 0.1) is 0 Å². The van der Waals surface area contributed by atoms with Crippen LogP contribution in [0.2, 0.25) is 0 Å². The first-order chi connectivity index (χ1) is 15.0. The molecule has 0 spiro atoms. The van der Waals surface area contributed by atoms with E-state index in [1.54, 1.807) is 0 Å². The Morgan fingerprint density at radius 1 is 0.871 bits per heavy atom. The van der Waals surface area contributed by atoms with Gasteiger partial charge in [-0.25, -0.2) is 0 Å². The summed E-state index contributed by atoms with van der Waals surface area (Å²) in [6.07, 6.45) is 5.48. The molecule has 0 unspecified atom stereocenters. The van der Waals surface area contributed by atoms with Crippen LogP contribution in [0.3, 0.4) is 0 Å². The number of amides is 2. The molecule has 5 nitrogen and oxygen atoms in total. The summed E-state index contributed by atoms with van der Waals surface area (Å²) in [4.78, 5) is 27.3. The first kappa shape index (κ1) is 20.9. The Morgan fingerprint density at radius 2 is 1.45 bits per heavy atom. The Kier molecular flexibility index (Phi) is 6.21. The lowest BCUT2D eigenvalue weighted by Crippen LogP contribution is -2.46. The zero-order chi connectivity index (χ0) is 21.8. The molecule has 2 amide bonds. The molecule has 2 heterocycles. The van der Waals surface area contributed by atoms with Crippen molar-refractivity contribution in [3.05, 3.63) is 89.7 Å². The molecule has 1 aliphatic rings. The van der Waals surface area contributed by atoms with E-state index in [-0.39, 0.29) is 17.9 Å². The molecule has 1 saturated heterocycles. The van der Waals surface area contributed by atoms with Gasteiger partial charge in [0.1, 0.15) is 0 Å². The third kappa shape index (κ3) is 4.88. The molecule has 1 aliphatic heterocycles. The minimum Gasteiger partial charge on any atom is -0.349 e. The highest BCUT2D eigenvalue weighted by atomic mass is 16.2. The topological polar surface area (TPSA) is 54.3 Å². The molecule has 31 heavy (non-hydrogen) atoms. The van der Waals surface area contributed by atoms with Gasteiger partial charge in [0.25, 0.3) is 11.8 Å². The van der Waals surface area contributed by atoms with Crippen molar-refractivity contribution < 1.29 is 9.59 Å². The van der Waals surface area contributed by atoms with Crippen LogP contribution >= 0.6 is 0 Å². The minimum absolute atomic E-state index is 0.0619. The summed E-state index contributed by atoms with van der Waals surface area (Å²) < 4.78 is 2.00. The summed E-state index contributed by atoms with van der Waals surface area (Å²) in [5.41, 5.74) is 3.64. The van der Waals surface area contributed by atoms with Gasteiger partial charge in [-0.2, -0.15) is 0 Å². The maximum absolute atomic E-state index is 12.8. The van der Waals surface area contributed by atoms with Crippen molar-refractivity contribution in [1.29, 1.82) is 0 Å². The van der Waals surface area contributed by atoms with Gasteiger partial charge in [0.15, 0.2) is 0 Å². The van der Waals surface area contributed by atoms with E-state index in [1.807, 2.05) is 82.5 Å². The fourth-order valence-electron chi connectivity index (χ4n) is 3.98. The van der Waals surface area contributed by atoms with E-state index in [0.29, 0.717) is 24.6 Å². The van der Waals surface area contributed by atoms with Crippen LogP contribution in [0.1, 0.15) is 58.9 Å². The Balaban J connectivity index is 1.29. The Labute approximate surface area is 183 Å². The highest BCUT2D eigenvalue weighted by Crippen LogP contribution is 2.18. The van der Waals surface area contributed by atoms with Gasteiger partial charge in [-0.3, -0.25) is 9.59 Å². The smallest absolute Gasteiger partial charge is 0.253 e. The number of carbonyl (C=O) groups is 2. The van der Waals surface area contributed by atoms with Crippen LogP contribution in [0.15, 0.2) is 73.1 Å². The molecule has 1 fully saturated rings. The Bertz CT molecular complexity index is 1010. The number of piperidine rings is 1. The average molecular weight is 416 g/mol. The SMILES string of the molecule is CC(C)c1ccc(C(=O)N2CCC(NC(=O)c3ccc(-n4cccc4)cc3)CC2)cc1. The number of hydrogen-bond donors (Lipinski definition) is 1. The van der Waals surface area contributed by atoms with Crippen molar-refractivity contribution >= 4 is 11.8 Å². The lowest BCUT2D eigenvalue weighted by Gasteiger charge is -2.32. The fourth-order valence-corrected chi connectivity index (χ4v) is 3.98. The van der Waals surface area contributed by atoms with E-state index in [1.165, 1.54) is 5.56 Å². The van der Waals surface area contributed by atoms with Crippen LogP contribution in [-0.2, 0) is 0 Å². The molecule has 160 valence electrons. The average Bonchev–Trinajstić information content (AvgIpc) is 3.34. The number of hydrogen-bond acceptors (Lipinski definition) is 2. The molecule has 2 aromatic carbocycles. The van der Waals surface area contributed by atoms with Crippen molar-refractivity contribution in [2.75, 3.05) is 13.1 Å². The normalized spacial score (nSPS) is 14.6. The third-order valence-corrected chi connectivity index (χ3v) is 5.97. The van der Waals surface area contributed by atoms with Gasteiger partial charge in [-0.1, -0.05) is 26.0 Å². The van der Waals surface area contributed by atoms with E-state index >= 15 is 0 Å². The first-order valence-electron chi connectivity index (χ1n) is 10.9. The maximum Gasteiger partial charge on any atom is 0.253 e. The molecule has 4 rings (SSSR count). The summed E-state index contributed by atoms with van der Waals surface area (Å²) in [6, 6.07) is 19.5. The molecule has 0 radical (unpaired) electrons. The molecule has 5 heteroatoms. The van der Waals surface area contributed by atoms with Crippen molar-refractivity contribution in [2.45, 2.75) is 38.6 Å². The highest BCUT2D eigenvalue weighted by Gasteiger charge is 2.25. The third-order valence-electron chi connectivity index (χ3n) is 5.97. The molecular weight excluding hydrogens is 386 g/mol. The van der Waals surface area contributed by atoms with E-state index in [2.05, 4.69) is 19.2 Å². The van der Waals surface area contributed by atoms with Gasteiger partial charge >= 0.3 is 0 Å². The fraction of sp³-hybridized carbons (Fsp3) is 0.308. The zero-order valence-electron chi connectivity index (χ0n) is 18.1. The molecule has 1 aromatic heterocycles. The van der Waals surface area contributed by atoms with Crippen LogP contribution in [0.4, 0.5) is 0 Å². The molecule has 1 N–H and O–H groups in total. The molecule has 0 bridgehead atoms. The van der Waals surface area contributed by atoms with Crippen LogP contribution in [-0.4, -0.2) is 40.4 Å². The lowest BCUT2D eigenvalue weighted by molar-refractivity contribution is 0.0698. The second-order valence-electron chi connectivity index (χ2n) is 8.45. The predicted octanol–water partition coefficient (Wildman–Crippen LogP) is 4.64. The molecule has 0 aliphatic carbocycles. The number of aromatic nitrogens is 1. The van der Waals surface area contributed by atoms with Gasteiger partial charge in [0, 0.05) is 48.3 Å². The number of carbonyl (C=O) groups excluding carboxylic acids is 2. The van der Waals surface area contributed by atoms with Crippen LogP contribution < -0.4 is 5.32 Å². The number of benzene rings is 2. The van der Waals surface area contributed by atoms with Gasteiger partial charge in [0.2, 0.25) is 0 Å². The van der Waals surface area contributed by atoms with E-state index in [0.717, 1.165) is 24.1 Å². The number of rotatable bonds is 5. The number of nitrogens with zero attached hydrogens (tertiary/aromatic N) is 2. The van der Waals surface area contributed by atoms with Gasteiger partial charge < -0.3 is 14.8 Å². The number of likely N-dealkylation sites (tertiary alicyclic amines) is 1. The van der Waals surface area contributed by atoms with Crippen LogP contribution in [0.5, 0.6) is 0 Å². The number of nitrogens with one attached hydrogen (secondary N) is 1. The van der Waals surface area contributed by atoms with Crippen molar-refractivity contribution in [3.8, 4) is 5.69 Å².